The molecule has 6 nitrogen and oxygen atoms in total. The van der Waals surface area contributed by atoms with Gasteiger partial charge in [0, 0.05) is 12.6 Å². The molecule has 6 heteroatoms. The van der Waals surface area contributed by atoms with Crippen molar-refractivity contribution < 1.29 is 19.4 Å². The number of carbonyl (C=O) groups excluding carboxylic acids is 1. The zero-order chi connectivity index (χ0) is 15.3. The summed E-state index contributed by atoms with van der Waals surface area (Å²) in [6, 6.07) is 6.03. The van der Waals surface area contributed by atoms with Gasteiger partial charge >= 0.3 is 12.1 Å². The number of hydrogen-bond acceptors (Lipinski definition) is 4. The van der Waals surface area contributed by atoms with Crippen LogP contribution in [0.15, 0.2) is 29.3 Å². The molecule has 1 amide bonds. The molecule has 0 spiro atoms. The molecular formula is C14H18N2O4. The number of amides is 1. The van der Waals surface area contributed by atoms with Crippen molar-refractivity contribution in [1.82, 2.24) is 5.32 Å². The molecule has 0 aliphatic rings. The Labute approximate surface area is 117 Å². The number of amidine groups is 1. The molecule has 0 aliphatic heterocycles. The van der Waals surface area contributed by atoms with Crippen molar-refractivity contribution in [2.24, 2.45) is 4.99 Å². The Bertz CT molecular complexity index is 527. The second-order valence-electron chi connectivity index (χ2n) is 5.08. The van der Waals surface area contributed by atoms with Gasteiger partial charge in [0.2, 0.25) is 0 Å². The first kappa shape index (κ1) is 15.7. The van der Waals surface area contributed by atoms with Gasteiger partial charge in [-0.2, -0.15) is 0 Å². The van der Waals surface area contributed by atoms with E-state index in [1.54, 1.807) is 32.9 Å². The van der Waals surface area contributed by atoms with Gasteiger partial charge in [-0.25, -0.2) is 9.59 Å². The first-order valence-corrected chi connectivity index (χ1v) is 6.03. The van der Waals surface area contributed by atoms with Crippen molar-refractivity contribution in [3.8, 4) is 0 Å². The van der Waals surface area contributed by atoms with Gasteiger partial charge in [0.15, 0.2) is 0 Å². The molecule has 0 saturated carbocycles. The van der Waals surface area contributed by atoms with Crippen LogP contribution in [0.3, 0.4) is 0 Å². The van der Waals surface area contributed by atoms with Crippen LogP contribution in [0.1, 0.15) is 36.7 Å². The lowest BCUT2D eigenvalue weighted by Gasteiger charge is -2.20. The van der Waals surface area contributed by atoms with Crippen molar-refractivity contribution in [3.05, 3.63) is 35.4 Å². The summed E-state index contributed by atoms with van der Waals surface area (Å²) in [5.74, 6) is -0.692. The Morgan fingerprint density at radius 2 is 1.65 bits per heavy atom. The Morgan fingerprint density at radius 3 is 2.05 bits per heavy atom. The van der Waals surface area contributed by atoms with E-state index in [-0.39, 0.29) is 5.56 Å². The number of aromatic carboxylic acids is 1. The standard InChI is InChI=1S/C14H18N2O4/c1-14(2,3)20-13(19)16-11(15-4)9-5-7-10(8-6-9)12(17)18/h5-8H,1-4H3,(H,17,18)(H,15,16,19). The van der Waals surface area contributed by atoms with Crippen molar-refractivity contribution in [3.63, 3.8) is 0 Å². The van der Waals surface area contributed by atoms with E-state index in [2.05, 4.69) is 10.3 Å². The van der Waals surface area contributed by atoms with E-state index in [9.17, 15) is 9.59 Å². The molecule has 0 radical (unpaired) electrons. The molecule has 0 bridgehead atoms. The van der Waals surface area contributed by atoms with Gasteiger partial charge in [-0.15, -0.1) is 0 Å². The van der Waals surface area contributed by atoms with Crippen LogP contribution in [-0.2, 0) is 4.74 Å². The molecule has 0 atom stereocenters. The van der Waals surface area contributed by atoms with Gasteiger partial charge in [0.05, 0.1) is 5.56 Å². The predicted molar refractivity (Wildman–Crippen MR) is 75.2 cm³/mol. The number of nitrogens with one attached hydrogen (secondary N) is 1. The number of ether oxygens (including phenoxy) is 1. The van der Waals surface area contributed by atoms with Crippen LogP contribution in [0.2, 0.25) is 0 Å². The summed E-state index contributed by atoms with van der Waals surface area (Å²) in [6.07, 6.45) is -0.611. The molecule has 0 saturated heterocycles. The van der Waals surface area contributed by atoms with E-state index in [0.29, 0.717) is 11.4 Å². The van der Waals surface area contributed by atoms with E-state index in [1.807, 2.05) is 0 Å². The number of nitrogens with zero attached hydrogens (tertiary/aromatic N) is 1. The van der Waals surface area contributed by atoms with E-state index in [4.69, 9.17) is 9.84 Å². The Morgan fingerprint density at radius 1 is 1.15 bits per heavy atom. The van der Waals surface area contributed by atoms with Gasteiger partial charge in [0.1, 0.15) is 11.4 Å². The van der Waals surface area contributed by atoms with E-state index < -0.39 is 17.7 Å². The minimum absolute atomic E-state index is 0.168. The topological polar surface area (TPSA) is 88.0 Å². The fourth-order valence-electron chi connectivity index (χ4n) is 1.43. The number of alkyl carbamates (subject to hydrolysis) is 1. The molecule has 2 N–H and O–H groups in total. The third-order valence-corrected chi connectivity index (χ3v) is 2.25. The zero-order valence-corrected chi connectivity index (χ0v) is 11.9. The number of carboxylic acids is 1. The van der Waals surface area contributed by atoms with Gasteiger partial charge in [-0.1, -0.05) is 12.1 Å². The van der Waals surface area contributed by atoms with Crippen LogP contribution >= 0.6 is 0 Å². The molecule has 0 unspecified atom stereocenters. The van der Waals surface area contributed by atoms with E-state index >= 15 is 0 Å². The fourth-order valence-corrected chi connectivity index (χ4v) is 1.43. The predicted octanol–water partition coefficient (Wildman–Crippen LogP) is 2.29. The highest BCUT2D eigenvalue weighted by molar-refractivity contribution is 6.06. The van der Waals surface area contributed by atoms with Crippen LogP contribution in [-0.4, -0.2) is 35.7 Å². The van der Waals surface area contributed by atoms with Crippen molar-refractivity contribution in [2.75, 3.05) is 7.05 Å². The second kappa shape index (κ2) is 6.18. The molecule has 0 aliphatic carbocycles. The Kier molecular flexibility index (Phi) is 4.85. The van der Waals surface area contributed by atoms with Gasteiger partial charge in [-0.05, 0) is 32.9 Å². The summed E-state index contributed by atoms with van der Waals surface area (Å²) in [5, 5.41) is 11.4. The fraction of sp³-hybridized carbons (Fsp3) is 0.357. The SMILES string of the molecule is CN=C(NC(=O)OC(C)(C)C)c1ccc(C(=O)O)cc1. The van der Waals surface area contributed by atoms with Crippen LogP contribution in [0.25, 0.3) is 0 Å². The van der Waals surface area contributed by atoms with Gasteiger partial charge < -0.3 is 9.84 Å². The van der Waals surface area contributed by atoms with Crippen LogP contribution in [0, 0.1) is 0 Å². The minimum Gasteiger partial charge on any atom is -0.478 e. The Hall–Kier alpha value is -2.37. The molecule has 108 valence electrons. The zero-order valence-electron chi connectivity index (χ0n) is 11.9. The van der Waals surface area contributed by atoms with Crippen molar-refractivity contribution in [2.45, 2.75) is 26.4 Å². The van der Waals surface area contributed by atoms with E-state index in [0.717, 1.165) is 0 Å². The first-order chi connectivity index (χ1) is 9.23. The number of aliphatic imine (C=N–C) groups is 1. The lowest BCUT2D eigenvalue weighted by molar-refractivity contribution is 0.0562. The average Bonchev–Trinajstić information content (AvgIpc) is 2.34. The molecule has 1 rings (SSSR count). The summed E-state index contributed by atoms with van der Waals surface area (Å²) in [6.45, 7) is 5.28. The molecule has 1 aromatic rings. The number of rotatable bonds is 2. The van der Waals surface area contributed by atoms with Crippen LogP contribution in [0.4, 0.5) is 4.79 Å². The molecular weight excluding hydrogens is 260 g/mol. The molecule has 1 aromatic carbocycles. The largest absolute Gasteiger partial charge is 0.478 e. The third-order valence-electron chi connectivity index (χ3n) is 2.25. The summed E-state index contributed by atoms with van der Waals surface area (Å²) in [5.41, 5.74) is 0.167. The number of hydrogen-bond donors (Lipinski definition) is 2. The maximum absolute atomic E-state index is 11.7. The van der Waals surface area contributed by atoms with Crippen LogP contribution < -0.4 is 5.32 Å². The summed E-state index contributed by atoms with van der Waals surface area (Å²) in [7, 11) is 1.53. The summed E-state index contributed by atoms with van der Waals surface area (Å²) < 4.78 is 5.13. The van der Waals surface area contributed by atoms with Gasteiger partial charge in [0.25, 0.3) is 0 Å². The third kappa shape index (κ3) is 4.72. The smallest absolute Gasteiger partial charge is 0.413 e. The highest BCUT2D eigenvalue weighted by Crippen LogP contribution is 2.08. The highest BCUT2D eigenvalue weighted by atomic mass is 16.6. The molecule has 0 heterocycles. The first-order valence-electron chi connectivity index (χ1n) is 6.03. The number of carbonyl (C=O) groups is 2. The molecule has 0 fully saturated rings. The quantitative estimate of drug-likeness (QED) is 0.641. The highest BCUT2D eigenvalue weighted by Gasteiger charge is 2.18. The van der Waals surface area contributed by atoms with Crippen LogP contribution in [0.5, 0.6) is 0 Å². The molecule has 20 heavy (non-hydrogen) atoms. The van der Waals surface area contributed by atoms with Crippen molar-refractivity contribution >= 4 is 17.9 Å². The second-order valence-corrected chi connectivity index (χ2v) is 5.08. The maximum Gasteiger partial charge on any atom is 0.413 e. The average molecular weight is 278 g/mol. The lowest BCUT2D eigenvalue weighted by Crippen LogP contribution is -2.36. The number of benzene rings is 1. The lowest BCUT2D eigenvalue weighted by atomic mass is 10.1. The van der Waals surface area contributed by atoms with Crippen molar-refractivity contribution in [1.29, 1.82) is 0 Å². The normalized spacial score (nSPS) is 11.9. The minimum atomic E-state index is -1.01. The van der Waals surface area contributed by atoms with E-state index in [1.165, 1.54) is 19.2 Å². The number of carboxylic acid groups (broad SMARTS) is 1. The summed E-state index contributed by atoms with van der Waals surface area (Å²) >= 11 is 0. The molecule has 0 aromatic heterocycles. The van der Waals surface area contributed by atoms with Gasteiger partial charge in [-0.3, -0.25) is 10.3 Å². The summed E-state index contributed by atoms with van der Waals surface area (Å²) in [4.78, 5) is 26.4. The maximum atomic E-state index is 11.7. The Balaban J connectivity index is 2.82. The monoisotopic (exact) mass is 278 g/mol.